The van der Waals surface area contributed by atoms with Crippen LogP contribution in [0.2, 0.25) is 0 Å². The van der Waals surface area contributed by atoms with E-state index in [4.69, 9.17) is 4.74 Å². The van der Waals surface area contributed by atoms with Gasteiger partial charge in [0.1, 0.15) is 12.3 Å². The SMILES string of the molecule is C/C=C(/c1ccc(OC)cc1C)[C@@H]1CCN(C(=O)CN2Cc3c(ccc(F)c3F)NC2=O)C1. The highest BCUT2D eigenvalue weighted by Gasteiger charge is 2.33. The molecule has 0 aromatic heterocycles. The predicted octanol–water partition coefficient (Wildman–Crippen LogP) is 4.58. The summed E-state index contributed by atoms with van der Waals surface area (Å²) in [5, 5.41) is 2.54. The molecule has 2 aromatic rings. The number of amides is 3. The summed E-state index contributed by atoms with van der Waals surface area (Å²) in [7, 11) is 1.64. The summed E-state index contributed by atoms with van der Waals surface area (Å²) in [6, 6.07) is 7.76. The maximum absolute atomic E-state index is 14.2. The number of ether oxygens (including phenoxy) is 1. The van der Waals surface area contributed by atoms with Crippen LogP contribution in [-0.2, 0) is 11.3 Å². The van der Waals surface area contributed by atoms with E-state index in [1.807, 2.05) is 32.0 Å². The Kier molecular flexibility index (Phi) is 6.35. The number of fused-ring (bicyclic) bond motifs is 1. The van der Waals surface area contributed by atoms with Gasteiger partial charge in [0.05, 0.1) is 19.3 Å². The van der Waals surface area contributed by atoms with E-state index in [1.54, 1.807) is 12.0 Å². The topological polar surface area (TPSA) is 61.9 Å². The molecular formula is C25H27F2N3O3. The molecule has 8 heteroatoms. The number of nitrogens with zero attached hydrogens (tertiary/aromatic N) is 2. The minimum Gasteiger partial charge on any atom is -0.497 e. The van der Waals surface area contributed by atoms with E-state index in [0.29, 0.717) is 13.1 Å². The monoisotopic (exact) mass is 455 g/mol. The summed E-state index contributed by atoms with van der Waals surface area (Å²) in [5.41, 5.74) is 3.68. The molecule has 4 rings (SSSR count). The summed E-state index contributed by atoms with van der Waals surface area (Å²) in [6.07, 6.45) is 2.89. The van der Waals surface area contributed by atoms with E-state index in [0.717, 1.165) is 29.4 Å². The van der Waals surface area contributed by atoms with Crippen molar-refractivity contribution in [2.24, 2.45) is 5.92 Å². The summed E-state index contributed by atoms with van der Waals surface area (Å²) in [6.45, 7) is 4.80. The molecule has 0 saturated carbocycles. The molecule has 0 unspecified atom stereocenters. The lowest BCUT2D eigenvalue weighted by molar-refractivity contribution is -0.130. The van der Waals surface area contributed by atoms with Crippen LogP contribution in [0.4, 0.5) is 19.3 Å². The first-order valence-corrected chi connectivity index (χ1v) is 10.9. The molecule has 1 N–H and O–H groups in total. The Morgan fingerprint density at radius 1 is 1.27 bits per heavy atom. The van der Waals surface area contributed by atoms with Crippen LogP contribution >= 0.6 is 0 Å². The second-order valence-corrected chi connectivity index (χ2v) is 8.42. The minimum absolute atomic E-state index is 0.0490. The lowest BCUT2D eigenvalue weighted by atomic mass is 9.89. The average molecular weight is 456 g/mol. The van der Waals surface area contributed by atoms with Crippen LogP contribution in [0.3, 0.4) is 0 Å². The van der Waals surface area contributed by atoms with Crippen molar-refractivity contribution in [3.63, 3.8) is 0 Å². The van der Waals surface area contributed by atoms with Crippen LogP contribution in [-0.4, -0.2) is 48.5 Å². The Morgan fingerprint density at radius 3 is 2.76 bits per heavy atom. The van der Waals surface area contributed by atoms with Gasteiger partial charge in [0.2, 0.25) is 5.91 Å². The number of carbonyl (C=O) groups is 2. The molecule has 2 heterocycles. The quantitative estimate of drug-likeness (QED) is 0.718. The molecule has 174 valence electrons. The number of likely N-dealkylation sites (tertiary alicyclic amines) is 1. The molecule has 33 heavy (non-hydrogen) atoms. The molecule has 0 bridgehead atoms. The van der Waals surface area contributed by atoms with Crippen molar-refractivity contribution in [1.82, 2.24) is 9.80 Å². The largest absolute Gasteiger partial charge is 0.497 e. The zero-order chi connectivity index (χ0) is 23.7. The Balaban J connectivity index is 1.43. The third-order valence-corrected chi connectivity index (χ3v) is 6.44. The van der Waals surface area contributed by atoms with E-state index >= 15 is 0 Å². The maximum atomic E-state index is 14.2. The van der Waals surface area contributed by atoms with E-state index in [-0.39, 0.29) is 36.2 Å². The fourth-order valence-electron chi connectivity index (χ4n) is 4.65. The van der Waals surface area contributed by atoms with Gasteiger partial charge in [-0.15, -0.1) is 0 Å². The molecule has 1 fully saturated rings. The number of hydrogen-bond donors (Lipinski definition) is 1. The highest BCUT2D eigenvalue weighted by molar-refractivity contribution is 5.95. The van der Waals surface area contributed by atoms with Crippen molar-refractivity contribution in [3.8, 4) is 5.75 Å². The predicted molar refractivity (Wildman–Crippen MR) is 122 cm³/mol. The standard InChI is InChI=1S/C25H27F2N3O3/c1-4-18(19-6-5-17(33-3)11-15(19)2)16-9-10-29(12-16)23(31)14-30-13-20-22(28-25(30)32)8-7-21(26)24(20)27/h4-8,11,16H,9-10,12-14H2,1-3H3,(H,28,32)/b18-4+/t16-/m1/s1. The van der Waals surface area contributed by atoms with Crippen LogP contribution in [0.25, 0.3) is 5.57 Å². The molecule has 0 spiro atoms. The lowest BCUT2D eigenvalue weighted by Gasteiger charge is -2.30. The number of halogens is 2. The van der Waals surface area contributed by atoms with E-state index < -0.39 is 17.7 Å². The number of carbonyl (C=O) groups excluding carboxylic acids is 2. The summed E-state index contributed by atoms with van der Waals surface area (Å²) < 4.78 is 33.1. The highest BCUT2D eigenvalue weighted by Crippen LogP contribution is 2.34. The Hall–Kier alpha value is -3.42. The first kappa shape index (κ1) is 22.8. The van der Waals surface area contributed by atoms with Gasteiger partial charge < -0.3 is 19.9 Å². The van der Waals surface area contributed by atoms with Gasteiger partial charge in [-0.3, -0.25) is 4.79 Å². The zero-order valence-corrected chi connectivity index (χ0v) is 19.0. The third-order valence-electron chi connectivity index (χ3n) is 6.44. The molecule has 0 radical (unpaired) electrons. The van der Waals surface area contributed by atoms with E-state index in [9.17, 15) is 18.4 Å². The second-order valence-electron chi connectivity index (χ2n) is 8.42. The van der Waals surface area contributed by atoms with E-state index in [1.165, 1.54) is 16.5 Å². The van der Waals surface area contributed by atoms with E-state index in [2.05, 4.69) is 11.4 Å². The number of rotatable bonds is 5. The first-order chi connectivity index (χ1) is 15.8. The van der Waals surface area contributed by atoms with Crippen molar-refractivity contribution in [2.75, 3.05) is 32.1 Å². The molecule has 2 aromatic carbocycles. The van der Waals surface area contributed by atoms with Crippen molar-refractivity contribution < 1.29 is 23.1 Å². The van der Waals surface area contributed by atoms with Gasteiger partial charge in [-0.1, -0.05) is 12.1 Å². The highest BCUT2D eigenvalue weighted by atomic mass is 19.2. The number of anilines is 1. The van der Waals surface area contributed by atoms with Gasteiger partial charge in [-0.2, -0.15) is 0 Å². The van der Waals surface area contributed by atoms with Gasteiger partial charge in [0.25, 0.3) is 0 Å². The summed E-state index contributed by atoms with van der Waals surface area (Å²) >= 11 is 0. The van der Waals surface area contributed by atoms with Crippen molar-refractivity contribution >= 4 is 23.2 Å². The van der Waals surface area contributed by atoms with Gasteiger partial charge in [0.15, 0.2) is 11.6 Å². The molecule has 2 aliphatic heterocycles. The van der Waals surface area contributed by atoms with Gasteiger partial charge in [0, 0.05) is 24.6 Å². The Labute approximate surface area is 191 Å². The second kappa shape index (κ2) is 9.21. The van der Waals surface area contributed by atoms with Crippen molar-refractivity contribution in [2.45, 2.75) is 26.8 Å². The molecule has 0 aliphatic carbocycles. The molecular weight excluding hydrogens is 428 g/mol. The zero-order valence-electron chi connectivity index (χ0n) is 19.0. The third kappa shape index (κ3) is 4.42. The van der Waals surface area contributed by atoms with Crippen LogP contribution < -0.4 is 10.1 Å². The number of aryl methyl sites for hydroxylation is 1. The van der Waals surface area contributed by atoms with Crippen LogP contribution in [0, 0.1) is 24.5 Å². The minimum atomic E-state index is -1.00. The lowest BCUT2D eigenvalue weighted by Crippen LogP contribution is -2.45. The molecule has 6 nitrogen and oxygen atoms in total. The molecule has 1 saturated heterocycles. The number of nitrogens with one attached hydrogen (secondary N) is 1. The Bertz CT molecular complexity index is 1130. The number of hydrogen-bond acceptors (Lipinski definition) is 3. The molecule has 1 atom stereocenters. The normalized spacial score (nSPS) is 18.3. The van der Waals surface area contributed by atoms with Crippen LogP contribution in [0.15, 0.2) is 36.4 Å². The smallest absolute Gasteiger partial charge is 0.322 e. The number of benzene rings is 2. The fraction of sp³-hybridized carbons (Fsp3) is 0.360. The summed E-state index contributed by atoms with van der Waals surface area (Å²) in [4.78, 5) is 28.3. The van der Waals surface area contributed by atoms with Crippen molar-refractivity contribution in [3.05, 3.63) is 64.7 Å². The van der Waals surface area contributed by atoms with Crippen LogP contribution in [0.5, 0.6) is 5.75 Å². The number of urea groups is 1. The number of methoxy groups -OCH3 is 1. The fourth-order valence-corrected chi connectivity index (χ4v) is 4.65. The van der Waals surface area contributed by atoms with Crippen LogP contribution in [0.1, 0.15) is 30.0 Å². The average Bonchev–Trinajstić information content (AvgIpc) is 3.29. The van der Waals surface area contributed by atoms with Crippen molar-refractivity contribution in [1.29, 1.82) is 0 Å². The summed E-state index contributed by atoms with van der Waals surface area (Å²) in [5.74, 6) is -1.22. The maximum Gasteiger partial charge on any atom is 0.322 e. The Morgan fingerprint density at radius 2 is 2.06 bits per heavy atom. The number of allylic oxidation sites excluding steroid dienone is 1. The van der Waals surface area contributed by atoms with Gasteiger partial charge in [-0.25, -0.2) is 13.6 Å². The van der Waals surface area contributed by atoms with Gasteiger partial charge in [-0.05, 0) is 61.2 Å². The first-order valence-electron chi connectivity index (χ1n) is 10.9. The molecule has 2 aliphatic rings. The van der Waals surface area contributed by atoms with Gasteiger partial charge >= 0.3 is 6.03 Å². The molecule has 3 amide bonds.